The fraction of sp³-hybridized carbons (Fsp3) is 0.889. The maximum Gasteiger partial charge on any atom is 0.306 e. The molecule has 4 aliphatic carbocycles. The molecule has 11 atom stereocenters. The lowest BCUT2D eigenvalue weighted by molar-refractivity contribution is -0.172. The van der Waals surface area contributed by atoms with Crippen LogP contribution in [-0.2, 0) is 14.4 Å². The summed E-state index contributed by atoms with van der Waals surface area (Å²) in [4.78, 5) is 37.5. The van der Waals surface area contributed by atoms with E-state index in [1.165, 1.54) is 0 Å². The molecule has 33 heavy (non-hydrogen) atoms. The number of fused-ring (bicyclic) bond motifs is 5. The Labute approximate surface area is 197 Å². The van der Waals surface area contributed by atoms with Gasteiger partial charge in [0.1, 0.15) is 11.6 Å². The van der Waals surface area contributed by atoms with E-state index in [9.17, 15) is 24.6 Å². The second kappa shape index (κ2) is 8.75. The number of aliphatic hydroxyl groups excluding tert-OH is 2. The van der Waals surface area contributed by atoms with Crippen LogP contribution in [0.2, 0.25) is 0 Å². The number of carboxylic acids is 1. The summed E-state index contributed by atoms with van der Waals surface area (Å²) < 4.78 is 0. The smallest absolute Gasteiger partial charge is 0.306 e. The van der Waals surface area contributed by atoms with Crippen LogP contribution in [0.3, 0.4) is 0 Å². The lowest BCUT2D eigenvalue weighted by Gasteiger charge is -2.62. The molecule has 0 aromatic rings. The summed E-state index contributed by atoms with van der Waals surface area (Å²) in [7, 11) is 0. The number of aliphatic carboxylic acids is 1. The average molecular weight is 463 g/mol. The van der Waals surface area contributed by atoms with E-state index >= 15 is 0 Å². The van der Waals surface area contributed by atoms with E-state index in [-0.39, 0.29) is 58.6 Å². The first-order valence-electron chi connectivity index (χ1n) is 13.0. The van der Waals surface area contributed by atoms with Crippen molar-refractivity contribution in [3.05, 3.63) is 0 Å². The van der Waals surface area contributed by atoms with Crippen molar-refractivity contribution in [1.29, 1.82) is 0 Å². The molecule has 6 heteroatoms. The average Bonchev–Trinajstić information content (AvgIpc) is 3.02. The van der Waals surface area contributed by atoms with Crippen molar-refractivity contribution < 1.29 is 29.7 Å². The topological polar surface area (TPSA) is 112 Å². The molecule has 4 fully saturated rings. The third-order valence-corrected chi connectivity index (χ3v) is 10.8. The molecule has 4 saturated carbocycles. The van der Waals surface area contributed by atoms with Crippen molar-refractivity contribution in [2.24, 2.45) is 52.3 Å². The molecular weight excluding hydrogens is 420 g/mol. The van der Waals surface area contributed by atoms with Crippen LogP contribution in [0.25, 0.3) is 0 Å². The van der Waals surface area contributed by atoms with Crippen LogP contribution >= 0.6 is 0 Å². The number of hydrogen-bond donors (Lipinski definition) is 3. The molecule has 0 radical (unpaired) electrons. The number of carbonyl (C=O) groups excluding carboxylic acids is 2. The minimum absolute atomic E-state index is 0.00155. The Kier molecular flexibility index (Phi) is 6.58. The van der Waals surface area contributed by atoms with Crippen LogP contribution in [0.4, 0.5) is 0 Å². The highest BCUT2D eigenvalue weighted by Gasteiger charge is 2.64. The predicted molar refractivity (Wildman–Crippen MR) is 123 cm³/mol. The minimum Gasteiger partial charge on any atom is -0.481 e. The van der Waals surface area contributed by atoms with Crippen LogP contribution in [0, 0.1) is 52.3 Å². The Morgan fingerprint density at radius 3 is 2.33 bits per heavy atom. The summed E-state index contributed by atoms with van der Waals surface area (Å²) in [5.74, 6) is -0.958. The molecule has 0 aromatic carbocycles. The largest absolute Gasteiger partial charge is 0.481 e. The van der Waals surface area contributed by atoms with E-state index in [0.29, 0.717) is 31.6 Å². The molecule has 186 valence electrons. The third kappa shape index (κ3) is 3.99. The summed E-state index contributed by atoms with van der Waals surface area (Å²) in [5, 5.41) is 30.5. The van der Waals surface area contributed by atoms with Gasteiger partial charge in [-0.2, -0.15) is 0 Å². The van der Waals surface area contributed by atoms with Crippen molar-refractivity contribution in [2.75, 3.05) is 0 Å². The lowest BCUT2D eigenvalue weighted by Crippen LogP contribution is -2.58. The zero-order valence-electron chi connectivity index (χ0n) is 20.6. The summed E-state index contributed by atoms with van der Waals surface area (Å²) in [6.45, 7) is 7.98. The van der Waals surface area contributed by atoms with Crippen molar-refractivity contribution in [3.63, 3.8) is 0 Å². The minimum atomic E-state index is -0.893. The first-order valence-corrected chi connectivity index (χ1v) is 13.0. The number of rotatable bonds is 6. The van der Waals surface area contributed by atoms with Crippen LogP contribution in [-0.4, -0.2) is 45.1 Å². The van der Waals surface area contributed by atoms with E-state index in [2.05, 4.69) is 13.8 Å². The Morgan fingerprint density at radius 1 is 1.00 bits per heavy atom. The normalized spacial score (nSPS) is 46.6. The Morgan fingerprint density at radius 2 is 1.67 bits per heavy atom. The molecule has 0 unspecified atom stereocenters. The molecule has 0 aromatic heterocycles. The molecule has 0 saturated heterocycles. The van der Waals surface area contributed by atoms with Gasteiger partial charge in [-0.25, -0.2) is 0 Å². The number of Topliss-reactive ketones (excluding diaryl/α,β-unsaturated/α-hetero) is 2. The number of ketones is 2. The first kappa shape index (κ1) is 24.8. The quantitative estimate of drug-likeness (QED) is 0.553. The standard InChI is InChI=1S/C27H42O6/c1-14(25(32)33)5-6-21(29)15(2)24-23(31)13-19-17-12-22(30)20-11-16(28)7-9-26(20,3)18(17)8-10-27(19,24)4/h14-20,22,24,28,30H,5-13H2,1-4H3,(H,32,33)/t14-,15-,16+,17-,18+,19+,20-,22+,24-,26+,27-/m0/s1. The molecule has 3 N–H and O–H groups in total. The molecule has 0 spiro atoms. The monoisotopic (exact) mass is 462 g/mol. The van der Waals surface area contributed by atoms with Crippen molar-refractivity contribution >= 4 is 17.5 Å². The van der Waals surface area contributed by atoms with E-state index in [0.717, 1.165) is 25.7 Å². The van der Waals surface area contributed by atoms with E-state index in [1.807, 2.05) is 6.92 Å². The third-order valence-electron chi connectivity index (χ3n) is 10.8. The maximum atomic E-state index is 13.4. The van der Waals surface area contributed by atoms with Gasteiger partial charge in [-0.1, -0.05) is 27.7 Å². The van der Waals surface area contributed by atoms with Gasteiger partial charge in [-0.3, -0.25) is 14.4 Å². The van der Waals surface area contributed by atoms with Crippen LogP contribution < -0.4 is 0 Å². The highest BCUT2D eigenvalue weighted by molar-refractivity contribution is 5.92. The molecule has 0 amide bonds. The van der Waals surface area contributed by atoms with E-state index in [4.69, 9.17) is 5.11 Å². The number of hydrogen-bond acceptors (Lipinski definition) is 5. The predicted octanol–water partition coefficient (Wildman–Crippen LogP) is 3.86. The molecule has 4 aliphatic rings. The molecule has 0 bridgehead atoms. The van der Waals surface area contributed by atoms with Gasteiger partial charge in [0, 0.05) is 24.7 Å². The van der Waals surface area contributed by atoms with Crippen molar-refractivity contribution in [1.82, 2.24) is 0 Å². The van der Waals surface area contributed by atoms with Gasteiger partial charge < -0.3 is 15.3 Å². The molecular formula is C27H42O6. The number of carboxylic acid groups (broad SMARTS) is 1. The fourth-order valence-electron chi connectivity index (χ4n) is 8.85. The molecule has 4 rings (SSSR count). The zero-order chi connectivity index (χ0) is 24.3. The highest BCUT2D eigenvalue weighted by Crippen LogP contribution is 2.67. The van der Waals surface area contributed by atoms with Crippen LogP contribution in [0.5, 0.6) is 0 Å². The van der Waals surface area contributed by atoms with Gasteiger partial charge >= 0.3 is 5.97 Å². The second-order valence-electron chi connectivity index (χ2n) is 12.4. The number of aliphatic hydroxyl groups is 2. The molecule has 0 aliphatic heterocycles. The van der Waals surface area contributed by atoms with Gasteiger partial charge in [0.25, 0.3) is 0 Å². The van der Waals surface area contributed by atoms with Gasteiger partial charge in [0.05, 0.1) is 18.1 Å². The summed E-state index contributed by atoms with van der Waals surface area (Å²) in [6.07, 6.45) is 5.22. The molecule has 6 nitrogen and oxygen atoms in total. The van der Waals surface area contributed by atoms with Crippen LogP contribution in [0.15, 0.2) is 0 Å². The van der Waals surface area contributed by atoms with Crippen molar-refractivity contribution in [2.45, 2.75) is 97.7 Å². The van der Waals surface area contributed by atoms with Gasteiger partial charge in [0.2, 0.25) is 0 Å². The lowest BCUT2D eigenvalue weighted by atomic mass is 9.43. The summed E-state index contributed by atoms with van der Waals surface area (Å²) >= 11 is 0. The van der Waals surface area contributed by atoms with Gasteiger partial charge in [-0.15, -0.1) is 0 Å². The SMILES string of the molecule is C[C@@H](CCC(=O)[C@H](C)[C@H]1C(=O)C[C@@H]2[C@H]3C[C@@H](O)[C@@H]4C[C@H](O)CC[C@]4(C)[C@@H]3CC[C@@]21C)C(=O)O. The Balaban J connectivity index is 1.54. The highest BCUT2D eigenvalue weighted by atomic mass is 16.4. The second-order valence-corrected chi connectivity index (χ2v) is 12.4. The van der Waals surface area contributed by atoms with Crippen LogP contribution in [0.1, 0.15) is 85.5 Å². The zero-order valence-corrected chi connectivity index (χ0v) is 20.6. The van der Waals surface area contributed by atoms with Crippen molar-refractivity contribution in [3.8, 4) is 0 Å². The maximum absolute atomic E-state index is 13.4. The van der Waals surface area contributed by atoms with E-state index < -0.39 is 23.9 Å². The number of carbonyl (C=O) groups is 3. The molecule has 0 heterocycles. The first-order chi connectivity index (χ1) is 15.4. The van der Waals surface area contributed by atoms with Gasteiger partial charge in [-0.05, 0) is 79.4 Å². The van der Waals surface area contributed by atoms with Gasteiger partial charge in [0.15, 0.2) is 0 Å². The Hall–Kier alpha value is -1.27. The summed E-state index contributed by atoms with van der Waals surface area (Å²) in [6, 6.07) is 0. The van der Waals surface area contributed by atoms with E-state index in [1.54, 1.807) is 6.92 Å². The Bertz CT molecular complexity index is 808. The summed E-state index contributed by atoms with van der Waals surface area (Å²) in [5.41, 5.74) is -0.249. The fourth-order valence-corrected chi connectivity index (χ4v) is 8.85.